The number of hydrogen-bond donors (Lipinski definition) is 2. The van der Waals surface area contributed by atoms with E-state index in [1.54, 1.807) is 19.0 Å². The molecular weight excluding hydrogens is 323 g/mol. The Balaban J connectivity index is 2.16. The van der Waals surface area contributed by atoms with Gasteiger partial charge >= 0.3 is 6.18 Å². The smallest absolute Gasteiger partial charge is 0.368 e. The standard InChI is InChI=1S/C9H12F3N9S/c1-20(2)7-16-4(15-6(13)17-7)3-22-8-19-18-5(21(8)14)9(10,11)12/h3,14H2,1-2H3,(H2,13,15,16,17). The molecule has 0 radical (unpaired) electrons. The minimum absolute atomic E-state index is 0.0134. The van der Waals surface area contributed by atoms with Gasteiger partial charge in [0.15, 0.2) is 0 Å². The Hall–Kier alpha value is -2.31. The van der Waals surface area contributed by atoms with Crippen molar-refractivity contribution in [1.29, 1.82) is 0 Å². The van der Waals surface area contributed by atoms with Crippen molar-refractivity contribution in [3.05, 3.63) is 11.6 Å². The van der Waals surface area contributed by atoms with Crippen molar-refractivity contribution in [1.82, 2.24) is 29.8 Å². The molecule has 2 aromatic rings. The monoisotopic (exact) mass is 335 g/mol. The van der Waals surface area contributed by atoms with Crippen molar-refractivity contribution >= 4 is 23.7 Å². The summed E-state index contributed by atoms with van der Waals surface area (Å²) < 4.78 is 38.0. The lowest BCUT2D eigenvalue weighted by Gasteiger charge is -2.11. The van der Waals surface area contributed by atoms with Crippen molar-refractivity contribution in [3.8, 4) is 0 Å². The fourth-order valence-corrected chi connectivity index (χ4v) is 2.10. The van der Waals surface area contributed by atoms with Crippen LogP contribution in [0.25, 0.3) is 0 Å². The van der Waals surface area contributed by atoms with Gasteiger partial charge in [-0.05, 0) is 0 Å². The second-order valence-electron chi connectivity index (χ2n) is 4.27. The van der Waals surface area contributed by atoms with Gasteiger partial charge in [0.2, 0.25) is 17.1 Å². The van der Waals surface area contributed by atoms with Gasteiger partial charge in [0.05, 0.1) is 5.75 Å². The number of alkyl halides is 3. The number of thioether (sulfide) groups is 1. The van der Waals surface area contributed by atoms with Crippen LogP contribution in [0.1, 0.15) is 11.6 Å². The summed E-state index contributed by atoms with van der Waals surface area (Å²) in [5, 5.41) is 6.30. The van der Waals surface area contributed by atoms with Crippen LogP contribution in [0.5, 0.6) is 0 Å². The lowest BCUT2D eigenvalue weighted by Crippen LogP contribution is -2.21. The van der Waals surface area contributed by atoms with Gasteiger partial charge in [-0.15, -0.1) is 10.2 Å². The molecule has 120 valence electrons. The van der Waals surface area contributed by atoms with Gasteiger partial charge in [-0.3, -0.25) is 0 Å². The van der Waals surface area contributed by atoms with E-state index in [-0.39, 0.29) is 22.7 Å². The average Bonchev–Trinajstić information content (AvgIpc) is 2.77. The molecule has 0 saturated carbocycles. The maximum absolute atomic E-state index is 12.6. The van der Waals surface area contributed by atoms with Gasteiger partial charge in [-0.2, -0.15) is 28.1 Å². The van der Waals surface area contributed by atoms with Gasteiger partial charge in [0, 0.05) is 14.1 Å². The molecule has 0 unspecified atom stereocenters. The molecule has 0 fully saturated rings. The number of anilines is 2. The van der Waals surface area contributed by atoms with E-state index in [0.717, 1.165) is 11.8 Å². The zero-order valence-corrected chi connectivity index (χ0v) is 12.4. The van der Waals surface area contributed by atoms with Crippen LogP contribution in [0.2, 0.25) is 0 Å². The number of nitrogens with zero attached hydrogens (tertiary/aromatic N) is 7. The molecule has 0 atom stereocenters. The Morgan fingerprint density at radius 1 is 1.18 bits per heavy atom. The molecule has 0 amide bonds. The molecule has 0 aliphatic rings. The summed E-state index contributed by atoms with van der Waals surface area (Å²) in [4.78, 5) is 13.6. The lowest BCUT2D eigenvalue weighted by molar-refractivity contribution is -0.146. The quantitative estimate of drug-likeness (QED) is 0.592. The molecule has 0 spiro atoms. The Bertz CT molecular complexity index is 669. The van der Waals surface area contributed by atoms with Gasteiger partial charge < -0.3 is 16.5 Å². The van der Waals surface area contributed by atoms with E-state index in [9.17, 15) is 13.2 Å². The maximum Gasteiger partial charge on any atom is 0.453 e. The van der Waals surface area contributed by atoms with Crippen LogP contribution in [-0.2, 0) is 11.9 Å². The lowest BCUT2D eigenvalue weighted by atomic mass is 10.6. The SMILES string of the molecule is CN(C)c1nc(N)nc(CSc2nnc(C(F)(F)F)n2N)n1. The first-order valence-electron chi connectivity index (χ1n) is 5.76. The maximum atomic E-state index is 12.6. The van der Waals surface area contributed by atoms with Crippen LogP contribution in [0.3, 0.4) is 0 Å². The van der Waals surface area contributed by atoms with E-state index in [1.807, 2.05) is 0 Å². The zero-order valence-electron chi connectivity index (χ0n) is 11.5. The van der Waals surface area contributed by atoms with Crippen LogP contribution in [0.15, 0.2) is 5.16 Å². The molecule has 2 heterocycles. The predicted molar refractivity (Wildman–Crippen MR) is 73.3 cm³/mol. The number of nitrogens with two attached hydrogens (primary N) is 2. The largest absolute Gasteiger partial charge is 0.453 e. The Morgan fingerprint density at radius 3 is 2.41 bits per heavy atom. The van der Waals surface area contributed by atoms with Gasteiger partial charge in [-0.1, -0.05) is 11.8 Å². The topological polar surface area (TPSA) is 125 Å². The van der Waals surface area contributed by atoms with E-state index in [2.05, 4.69) is 25.1 Å². The Labute approximate surface area is 126 Å². The second kappa shape index (κ2) is 5.82. The molecule has 2 aromatic heterocycles. The van der Waals surface area contributed by atoms with Crippen LogP contribution >= 0.6 is 11.8 Å². The molecule has 0 bridgehead atoms. The Morgan fingerprint density at radius 2 is 1.86 bits per heavy atom. The second-order valence-corrected chi connectivity index (χ2v) is 5.21. The first-order valence-corrected chi connectivity index (χ1v) is 6.75. The van der Waals surface area contributed by atoms with E-state index in [4.69, 9.17) is 11.6 Å². The summed E-state index contributed by atoms with van der Waals surface area (Å²) in [6, 6.07) is 0. The van der Waals surface area contributed by atoms with Crippen molar-refractivity contribution in [3.63, 3.8) is 0 Å². The van der Waals surface area contributed by atoms with E-state index < -0.39 is 12.0 Å². The van der Waals surface area contributed by atoms with E-state index in [0.29, 0.717) is 10.6 Å². The summed E-state index contributed by atoms with van der Waals surface area (Å²) in [5.41, 5.74) is 5.55. The molecule has 22 heavy (non-hydrogen) atoms. The van der Waals surface area contributed by atoms with Gasteiger partial charge in [-0.25, -0.2) is 4.68 Å². The number of nitrogen functional groups attached to an aromatic ring is 2. The molecule has 4 N–H and O–H groups in total. The van der Waals surface area contributed by atoms with Crippen molar-refractivity contribution in [2.24, 2.45) is 0 Å². The highest BCUT2D eigenvalue weighted by molar-refractivity contribution is 7.98. The zero-order chi connectivity index (χ0) is 16.5. The van der Waals surface area contributed by atoms with Crippen molar-refractivity contribution in [2.75, 3.05) is 30.6 Å². The normalized spacial score (nSPS) is 11.7. The molecule has 2 rings (SSSR count). The summed E-state index contributed by atoms with van der Waals surface area (Å²) in [7, 11) is 3.44. The minimum Gasteiger partial charge on any atom is -0.368 e. The summed E-state index contributed by atoms with van der Waals surface area (Å²) in [6.45, 7) is 0. The molecule has 0 aliphatic carbocycles. The molecule has 9 nitrogen and oxygen atoms in total. The summed E-state index contributed by atoms with van der Waals surface area (Å²) >= 11 is 0.904. The van der Waals surface area contributed by atoms with Crippen LogP contribution in [0.4, 0.5) is 25.1 Å². The number of halogens is 3. The Kier molecular flexibility index (Phi) is 4.25. The highest BCUT2D eigenvalue weighted by Gasteiger charge is 2.38. The summed E-state index contributed by atoms with van der Waals surface area (Å²) in [5.74, 6) is 4.80. The van der Waals surface area contributed by atoms with Crippen LogP contribution in [0, 0.1) is 0 Å². The third kappa shape index (κ3) is 3.47. The van der Waals surface area contributed by atoms with Gasteiger partial charge in [0.1, 0.15) is 5.82 Å². The van der Waals surface area contributed by atoms with Crippen molar-refractivity contribution in [2.45, 2.75) is 17.1 Å². The fraction of sp³-hybridized carbons (Fsp3) is 0.444. The third-order valence-corrected chi connectivity index (χ3v) is 3.27. The molecular formula is C9H12F3N9S. The van der Waals surface area contributed by atoms with Gasteiger partial charge in [0.25, 0.3) is 5.82 Å². The average molecular weight is 335 g/mol. The highest BCUT2D eigenvalue weighted by atomic mass is 32.2. The number of aromatic nitrogens is 6. The molecule has 0 aromatic carbocycles. The number of hydrogen-bond acceptors (Lipinski definition) is 9. The molecule has 0 aliphatic heterocycles. The number of rotatable bonds is 4. The van der Waals surface area contributed by atoms with Crippen LogP contribution in [-0.4, -0.2) is 43.9 Å². The molecule has 13 heteroatoms. The fourth-order valence-electron chi connectivity index (χ4n) is 1.39. The van der Waals surface area contributed by atoms with E-state index >= 15 is 0 Å². The van der Waals surface area contributed by atoms with Crippen molar-refractivity contribution < 1.29 is 13.2 Å². The van der Waals surface area contributed by atoms with Crippen LogP contribution < -0.4 is 16.5 Å². The molecule has 0 saturated heterocycles. The minimum atomic E-state index is -4.67. The third-order valence-electron chi connectivity index (χ3n) is 2.34. The first-order chi connectivity index (χ1) is 10.2. The summed E-state index contributed by atoms with van der Waals surface area (Å²) in [6.07, 6.45) is -4.67. The highest BCUT2D eigenvalue weighted by Crippen LogP contribution is 2.29. The van der Waals surface area contributed by atoms with E-state index in [1.165, 1.54) is 0 Å². The first kappa shape index (κ1) is 16.1. The predicted octanol–water partition coefficient (Wildman–Crippen LogP) is 0.136.